The highest BCUT2D eigenvalue weighted by molar-refractivity contribution is 5.88. The molecule has 0 aromatic heterocycles. The zero-order chi connectivity index (χ0) is 44.7. The van der Waals surface area contributed by atoms with Gasteiger partial charge in [-0.3, -0.25) is 0 Å². The first-order valence-electron chi connectivity index (χ1n) is 21.8. The lowest BCUT2D eigenvalue weighted by molar-refractivity contribution is -0.328. The van der Waals surface area contributed by atoms with Crippen LogP contribution in [0.15, 0.2) is 34.9 Å². The van der Waals surface area contributed by atoms with Crippen LogP contribution < -0.4 is 0 Å². The number of fused-ring (bicyclic) bond motifs is 7. The molecule has 0 radical (unpaired) electrons. The Morgan fingerprint density at radius 1 is 0.800 bits per heavy atom. The van der Waals surface area contributed by atoms with Crippen LogP contribution in [0.4, 0.5) is 0 Å². The molecule has 14 nitrogen and oxygen atoms in total. The summed E-state index contributed by atoms with van der Waals surface area (Å²) in [5, 5.41) is 76.4. The second-order valence-electron chi connectivity index (χ2n) is 20.7. The SMILES string of the molecule is C/C=C(\C)C(=O)O[C@H]1C[C@]2(C)C(=CC[C@@H]3[C@@]4(C)CC[C@H](O[C@@H]5O[C@H](C(=O)O)[C@@H](O)[C@H](O)[C@H]5O)[C@@](C)(CO)[C@@H]4CC[C@]32C)[C@@H]2CC(C)(C)[C@@H](O)[C@H](OC(=O)/C(C)=C/C)[C@]12CO. The normalized spacial score (nSPS) is 47.7. The molecule has 0 spiro atoms. The van der Waals surface area contributed by atoms with Crippen LogP contribution in [-0.4, -0.2) is 122 Å². The molecule has 17 atom stereocenters. The number of aliphatic hydroxyl groups excluding tert-OH is 6. The van der Waals surface area contributed by atoms with Crippen molar-refractivity contribution in [1.82, 2.24) is 0 Å². The van der Waals surface area contributed by atoms with E-state index in [1.54, 1.807) is 39.8 Å². The Hall–Kier alpha value is -2.69. The van der Waals surface area contributed by atoms with Crippen LogP contribution in [0.3, 0.4) is 0 Å². The highest BCUT2D eigenvalue weighted by atomic mass is 16.7. The maximum atomic E-state index is 13.8. The van der Waals surface area contributed by atoms with Crippen molar-refractivity contribution in [3.8, 4) is 0 Å². The first-order valence-corrected chi connectivity index (χ1v) is 21.8. The highest BCUT2D eigenvalue weighted by Gasteiger charge is 2.74. The van der Waals surface area contributed by atoms with Gasteiger partial charge in [0.1, 0.15) is 30.5 Å². The molecule has 7 N–H and O–H groups in total. The summed E-state index contributed by atoms with van der Waals surface area (Å²) in [7, 11) is 0. The number of carboxylic acids is 1. The Morgan fingerprint density at radius 2 is 1.42 bits per heavy atom. The average molecular weight is 847 g/mol. The molecule has 1 saturated heterocycles. The van der Waals surface area contributed by atoms with E-state index in [9.17, 15) is 50.1 Å². The Bertz CT molecular complexity index is 1790. The lowest BCUT2D eigenvalue weighted by Crippen LogP contribution is -2.72. The zero-order valence-corrected chi connectivity index (χ0v) is 37.0. The average Bonchev–Trinajstić information content (AvgIpc) is 3.20. The van der Waals surface area contributed by atoms with Gasteiger partial charge in [-0.15, -0.1) is 0 Å². The van der Waals surface area contributed by atoms with Gasteiger partial charge in [0.05, 0.1) is 30.8 Å². The third-order valence-corrected chi connectivity index (χ3v) is 17.5. The van der Waals surface area contributed by atoms with E-state index in [0.29, 0.717) is 56.1 Å². The number of esters is 2. The number of hydrogen-bond acceptors (Lipinski definition) is 13. The van der Waals surface area contributed by atoms with Crippen LogP contribution in [0, 0.1) is 50.2 Å². The minimum absolute atomic E-state index is 0.0533. The van der Waals surface area contributed by atoms with Gasteiger partial charge in [0.25, 0.3) is 0 Å². The maximum absolute atomic E-state index is 13.8. The molecular formula is C46H70O14. The van der Waals surface area contributed by atoms with Gasteiger partial charge in [-0.05, 0) is 112 Å². The molecule has 5 fully saturated rings. The van der Waals surface area contributed by atoms with Crippen LogP contribution in [0.2, 0.25) is 0 Å². The number of aliphatic hydroxyl groups is 6. The first-order chi connectivity index (χ1) is 27.9. The molecule has 1 aliphatic heterocycles. The minimum atomic E-state index is -1.86. The fourth-order valence-corrected chi connectivity index (χ4v) is 13.4. The number of aliphatic carboxylic acids is 1. The van der Waals surface area contributed by atoms with E-state index >= 15 is 0 Å². The predicted octanol–water partition coefficient (Wildman–Crippen LogP) is 3.98. The van der Waals surface area contributed by atoms with E-state index in [0.717, 1.165) is 5.57 Å². The van der Waals surface area contributed by atoms with Crippen molar-refractivity contribution in [2.45, 2.75) is 169 Å². The van der Waals surface area contributed by atoms with Crippen LogP contribution in [0.1, 0.15) is 114 Å². The van der Waals surface area contributed by atoms with E-state index < -0.39 is 113 Å². The fourth-order valence-electron chi connectivity index (χ4n) is 13.4. The van der Waals surface area contributed by atoms with Gasteiger partial charge < -0.3 is 54.7 Å². The summed E-state index contributed by atoms with van der Waals surface area (Å²) in [6, 6.07) is 0. The van der Waals surface area contributed by atoms with Gasteiger partial charge >= 0.3 is 17.9 Å². The maximum Gasteiger partial charge on any atom is 0.335 e. The van der Waals surface area contributed by atoms with Gasteiger partial charge in [-0.2, -0.15) is 0 Å². The molecule has 1 heterocycles. The van der Waals surface area contributed by atoms with E-state index in [-0.39, 0.29) is 23.9 Å². The standard InChI is InChI=1S/C46H70O14/c1-11-23(3)38(55)57-30-20-45(10)25(26-19-41(5,6)35(52)36(46(26,30)22-48)60-39(56)24(4)12-2)13-14-28-42(7)17-16-29(43(8,21-47)27(42)15-18-44(28,45)9)58-40-33(51)31(49)32(50)34(59-40)37(53)54/h11-13,26-36,40,47-52H,14-22H2,1-10H3,(H,53,54)/b23-11+,24-12+/t26-,27+,28+,29-,30-,31-,32-,33+,34-,35-,36-,40+,42-,43-,44+,45+,46-/m0/s1. The summed E-state index contributed by atoms with van der Waals surface area (Å²) >= 11 is 0. The molecule has 6 rings (SSSR count). The summed E-state index contributed by atoms with van der Waals surface area (Å²) < 4.78 is 24.6. The highest BCUT2D eigenvalue weighted by Crippen LogP contribution is 2.76. The van der Waals surface area contributed by atoms with Crippen molar-refractivity contribution >= 4 is 17.9 Å². The number of rotatable bonds is 9. The summed E-state index contributed by atoms with van der Waals surface area (Å²) in [4.78, 5) is 39.3. The van der Waals surface area contributed by atoms with E-state index in [1.165, 1.54) is 0 Å². The molecule has 0 aromatic carbocycles. The second kappa shape index (κ2) is 16.1. The quantitative estimate of drug-likeness (QED) is 0.0754. The molecule has 60 heavy (non-hydrogen) atoms. The summed E-state index contributed by atoms with van der Waals surface area (Å²) in [6.07, 6.45) is -3.33. The third-order valence-electron chi connectivity index (χ3n) is 17.5. The molecule has 0 bridgehead atoms. The van der Waals surface area contributed by atoms with Crippen molar-refractivity contribution in [1.29, 1.82) is 0 Å². The third kappa shape index (κ3) is 6.76. The van der Waals surface area contributed by atoms with E-state index in [4.69, 9.17) is 18.9 Å². The van der Waals surface area contributed by atoms with Gasteiger partial charge in [-0.1, -0.05) is 65.3 Å². The monoisotopic (exact) mass is 846 g/mol. The van der Waals surface area contributed by atoms with Crippen molar-refractivity contribution < 1.29 is 69.1 Å². The number of carbonyl (C=O) groups is 3. The zero-order valence-electron chi connectivity index (χ0n) is 37.0. The molecule has 0 aromatic rings. The van der Waals surface area contributed by atoms with Crippen LogP contribution in [0.25, 0.3) is 0 Å². The van der Waals surface area contributed by atoms with Crippen molar-refractivity contribution in [2.75, 3.05) is 13.2 Å². The van der Waals surface area contributed by atoms with Crippen LogP contribution in [-0.2, 0) is 33.3 Å². The molecule has 14 heteroatoms. The summed E-state index contributed by atoms with van der Waals surface area (Å²) in [6.45, 7) is 18.7. The molecule has 6 aliphatic rings. The second-order valence-corrected chi connectivity index (χ2v) is 20.7. The van der Waals surface area contributed by atoms with Gasteiger partial charge in [0, 0.05) is 16.6 Å². The van der Waals surface area contributed by atoms with Gasteiger partial charge in [0.15, 0.2) is 12.4 Å². The molecule has 0 amide bonds. The first kappa shape index (κ1) is 46.8. The molecular weight excluding hydrogens is 776 g/mol. The lowest BCUT2D eigenvalue weighted by Gasteiger charge is -2.72. The number of ether oxygens (including phenoxy) is 4. The number of carboxylic acid groups (broad SMARTS) is 1. The van der Waals surface area contributed by atoms with E-state index in [2.05, 4.69) is 26.8 Å². The number of hydrogen-bond donors (Lipinski definition) is 7. The van der Waals surface area contributed by atoms with E-state index in [1.807, 2.05) is 20.8 Å². The van der Waals surface area contributed by atoms with Gasteiger partial charge in [-0.25, -0.2) is 14.4 Å². The number of allylic oxidation sites excluding steroid dienone is 4. The number of carbonyl (C=O) groups excluding carboxylic acids is 2. The Labute approximate surface area is 354 Å². The molecule has 338 valence electrons. The van der Waals surface area contributed by atoms with Crippen molar-refractivity contribution in [3.05, 3.63) is 34.9 Å². The van der Waals surface area contributed by atoms with Crippen molar-refractivity contribution in [3.63, 3.8) is 0 Å². The minimum Gasteiger partial charge on any atom is -0.479 e. The summed E-state index contributed by atoms with van der Waals surface area (Å²) in [5.74, 6) is -3.16. The molecule has 0 unspecified atom stereocenters. The Morgan fingerprint density at radius 3 is 1.98 bits per heavy atom. The Balaban J connectivity index is 1.42. The Kier molecular flexibility index (Phi) is 12.6. The smallest absolute Gasteiger partial charge is 0.335 e. The lowest BCUT2D eigenvalue weighted by atomic mass is 9.33. The van der Waals surface area contributed by atoms with Gasteiger partial charge in [0.2, 0.25) is 0 Å². The molecule has 4 saturated carbocycles. The topological polar surface area (TPSA) is 230 Å². The molecule has 5 aliphatic carbocycles. The predicted molar refractivity (Wildman–Crippen MR) is 218 cm³/mol. The largest absolute Gasteiger partial charge is 0.479 e. The summed E-state index contributed by atoms with van der Waals surface area (Å²) in [5.41, 5.74) is -2.53. The fraction of sp³-hybridized carbons (Fsp3) is 0.804. The van der Waals surface area contributed by atoms with Crippen molar-refractivity contribution in [2.24, 2.45) is 50.2 Å². The van der Waals surface area contributed by atoms with Crippen LogP contribution >= 0.6 is 0 Å². The van der Waals surface area contributed by atoms with Crippen LogP contribution in [0.5, 0.6) is 0 Å².